The van der Waals surface area contributed by atoms with Gasteiger partial charge >= 0.3 is 0 Å². The summed E-state index contributed by atoms with van der Waals surface area (Å²) in [4.78, 5) is 17.9. The Morgan fingerprint density at radius 2 is 1.81 bits per heavy atom. The SMILES string of the molecule is CC=CC=CC1C(C=O)=C(c2ccccc2)ON1Cc1ccccc1O. The number of hydrogen-bond donors (Lipinski definition) is 1. The third-order valence-electron chi connectivity index (χ3n) is 4.18. The number of hydrogen-bond acceptors (Lipinski definition) is 4. The molecule has 0 aliphatic carbocycles. The summed E-state index contributed by atoms with van der Waals surface area (Å²) in [6.07, 6.45) is 8.48. The number of phenolic OH excluding ortho intramolecular Hbond substituents is 1. The fraction of sp³-hybridized carbons (Fsp3) is 0.136. The molecule has 0 bridgehead atoms. The van der Waals surface area contributed by atoms with Crippen LogP contribution in [0.25, 0.3) is 5.76 Å². The van der Waals surface area contributed by atoms with E-state index in [9.17, 15) is 9.90 Å². The number of phenols is 1. The number of allylic oxidation sites excluding steroid dienone is 3. The van der Waals surface area contributed by atoms with E-state index in [1.54, 1.807) is 17.2 Å². The first kappa shape index (κ1) is 17.7. The van der Waals surface area contributed by atoms with Crippen molar-refractivity contribution in [3.05, 3.63) is 95.6 Å². The highest BCUT2D eigenvalue weighted by Crippen LogP contribution is 2.34. The molecule has 26 heavy (non-hydrogen) atoms. The smallest absolute Gasteiger partial charge is 0.163 e. The molecule has 2 aromatic rings. The first-order valence-corrected chi connectivity index (χ1v) is 8.50. The monoisotopic (exact) mass is 347 g/mol. The van der Waals surface area contributed by atoms with Crippen molar-refractivity contribution < 1.29 is 14.7 Å². The van der Waals surface area contributed by atoms with Gasteiger partial charge in [0.2, 0.25) is 0 Å². The van der Waals surface area contributed by atoms with Crippen LogP contribution in [0.1, 0.15) is 18.1 Å². The molecule has 2 aromatic carbocycles. The number of hydroxylamine groups is 2. The zero-order chi connectivity index (χ0) is 18.4. The summed E-state index contributed by atoms with van der Waals surface area (Å²) in [6, 6.07) is 16.3. The van der Waals surface area contributed by atoms with Gasteiger partial charge in [-0.05, 0) is 13.0 Å². The highest BCUT2D eigenvalue weighted by Gasteiger charge is 2.34. The predicted octanol–water partition coefficient (Wildman–Crippen LogP) is 4.25. The van der Waals surface area contributed by atoms with E-state index in [4.69, 9.17) is 4.84 Å². The Hall–Kier alpha value is -3.11. The topological polar surface area (TPSA) is 49.8 Å². The second-order valence-electron chi connectivity index (χ2n) is 5.92. The number of aromatic hydroxyl groups is 1. The molecule has 1 aliphatic heterocycles. The molecule has 0 radical (unpaired) electrons. The maximum Gasteiger partial charge on any atom is 0.163 e. The van der Waals surface area contributed by atoms with Gasteiger partial charge < -0.3 is 9.94 Å². The molecule has 1 N–H and O–H groups in total. The van der Waals surface area contributed by atoms with Crippen LogP contribution in [0.15, 0.2) is 84.5 Å². The summed E-state index contributed by atoms with van der Waals surface area (Å²) in [5.41, 5.74) is 2.14. The molecule has 132 valence electrons. The quantitative estimate of drug-likeness (QED) is 0.627. The Morgan fingerprint density at radius 3 is 2.50 bits per heavy atom. The lowest BCUT2D eigenvalue weighted by atomic mass is 10.0. The van der Waals surface area contributed by atoms with E-state index in [2.05, 4.69) is 0 Å². The van der Waals surface area contributed by atoms with Gasteiger partial charge in [-0.15, -0.1) is 5.06 Å². The summed E-state index contributed by atoms with van der Waals surface area (Å²) in [6.45, 7) is 2.28. The number of rotatable bonds is 6. The number of aldehydes is 1. The highest BCUT2D eigenvalue weighted by atomic mass is 16.7. The minimum Gasteiger partial charge on any atom is -0.508 e. The van der Waals surface area contributed by atoms with Crippen LogP contribution in [0, 0.1) is 0 Å². The van der Waals surface area contributed by atoms with E-state index >= 15 is 0 Å². The van der Waals surface area contributed by atoms with Crippen LogP contribution in [0.2, 0.25) is 0 Å². The van der Waals surface area contributed by atoms with Crippen molar-refractivity contribution in [1.29, 1.82) is 0 Å². The average molecular weight is 347 g/mol. The number of benzene rings is 2. The van der Waals surface area contributed by atoms with E-state index in [-0.39, 0.29) is 11.8 Å². The Morgan fingerprint density at radius 1 is 1.08 bits per heavy atom. The zero-order valence-corrected chi connectivity index (χ0v) is 14.6. The Kier molecular flexibility index (Phi) is 5.66. The number of nitrogens with zero attached hydrogens (tertiary/aromatic N) is 1. The lowest BCUT2D eigenvalue weighted by molar-refractivity contribution is -0.107. The van der Waals surface area contributed by atoms with Gasteiger partial charge in [-0.2, -0.15) is 0 Å². The largest absolute Gasteiger partial charge is 0.508 e. The van der Waals surface area contributed by atoms with Gasteiger partial charge in [-0.3, -0.25) is 4.79 Å². The van der Waals surface area contributed by atoms with Gasteiger partial charge in [-0.1, -0.05) is 72.8 Å². The van der Waals surface area contributed by atoms with Crippen LogP contribution < -0.4 is 0 Å². The lowest BCUT2D eigenvalue weighted by Gasteiger charge is -2.22. The second kappa shape index (κ2) is 8.32. The first-order chi connectivity index (χ1) is 12.7. The Balaban J connectivity index is 1.97. The minimum absolute atomic E-state index is 0.202. The molecule has 0 spiro atoms. The fourth-order valence-electron chi connectivity index (χ4n) is 2.87. The molecule has 1 unspecified atom stereocenters. The lowest BCUT2D eigenvalue weighted by Crippen LogP contribution is -2.29. The van der Waals surface area contributed by atoms with E-state index in [1.807, 2.05) is 73.7 Å². The van der Waals surface area contributed by atoms with E-state index < -0.39 is 0 Å². The number of carbonyl (C=O) groups is 1. The van der Waals surface area contributed by atoms with Crippen molar-refractivity contribution in [2.75, 3.05) is 0 Å². The van der Waals surface area contributed by atoms with Gasteiger partial charge in [0.15, 0.2) is 12.0 Å². The summed E-state index contributed by atoms with van der Waals surface area (Å²) in [7, 11) is 0. The fourth-order valence-corrected chi connectivity index (χ4v) is 2.87. The van der Waals surface area contributed by atoms with Crippen LogP contribution in [0.4, 0.5) is 0 Å². The molecule has 3 rings (SSSR count). The van der Waals surface area contributed by atoms with Gasteiger partial charge in [0.25, 0.3) is 0 Å². The number of carbonyl (C=O) groups excluding carboxylic acids is 1. The van der Waals surface area contributed by atoms with Crippen molar-refractivity contribution >= 4 is 12.0 Å². The number of para-hydroxylation sites is 1. The molecule has 0 saturated heterocycles. The molecule has 0 saturated carbocycles. The normalized spacial score (nSPS) is 18.0. The maximum absolute atomic E-state index is 11.8. The maximum atomic E-state index is 11.8. The van der Waals surface area contributed by atoms with Crippen LogP contribution in [-0.4, -0.2) is 22.5 Å². The molecule has 4 nitrogen and oxygen atoms in total. The molecule has 1 aliphatic rings. The van der Waals surface area contributed by atoms with E-state index in [0.29, 0.717) is 17.9 Å². The van der Waals surface area contributed by atoms with Gasteiger partial charge in [0, 0.05) is 11.1 Å². The Bertz CT molecular complexity index is 853. The third kappa shape index (κ3) is 3.76. The molecule has 0 amide bonds. The average Bonchev–Trinajstić information content (AvgIpc) is 3.02. The van der Waals surface area contributed by atoms with Gasteiger partial charge in [-0.25, -0.2) is 0 Å². The van der Waals surface area contributed by atoms with Crippen molar-refractivity contribution in [3.8, 4) is 5.75 Å². The van der Waals surface area contributed by atoms with Crippen molar-refractivity contribution in [3.63, 3.8) is 0 Å². The minimum atomic E-state index is -0.335. The zero-order valence-electron chi connectivity index (χ0n) is 14.6. The molecular formula is C22H21NO3. The molecule has 4 heteroatoms. The molecule has 1 atom stereocenters. The molecular weight excluding hydrogens is 326 g/mol. The predicted molar refractivity (Wildman–Crippen MR) is 102 cm³/mol. The van der Waals surface area contributed by atoms with Crippen LogP contribution >= 0.6 is 0 Å². The standard InChI is InChI=1S/C22H21NO3/c1-2-3-5-13-20-19(16-24)22(17-10-6-4-7-11-17)26-23(20)15-18-12-8-9-14-21(18)25/h2-14,16,20,25H,15H2,1H3. The van der Waals surface area contributed by atoms with Crippen LogP contribution in [0.5, 0.6) is 5.75 Å². The van der Waals surface area contributed by atoms with E-state index in [0.717, 1.165) is 17.4 Å². The van der Waals surface area contributed by atoms with Crippen molar-refractivity contribution in [2.45, 2.75) is 19.5 Å². The van der Waals surface area contributed by atoms with Gasteiger partial charge in [0.1, 0.15) is 5.75 Å². The summed E-state index contributed by atoms with van der Waals surface area (Å²) in [5, 5.41) is 11.8. The first-order valence-electron chi connectivity index (χ1n) is 8.50. The van der Waals surface area contributed by atoms with Gasteiger partial charge in [0.05, 0.1) is 18.2 Å². The van der Waals surface area contributed by atoms with Crippen molar-refractivity contribution in [1.82, 2.24) is 5.06 Å². The van der Waals surface area contributed by atoms with Crippen molar-refractivity contribution in [2.24, 2.45) is 0 Å². The van der Waals surface area contributed by atoms with Crippen LogP contribution in [0.3, 0.4) is 0 Å². The summed E-state index contributed by atoms with van der Waals surface area (Å²) in [5.74, 6) is 0.749. The summed E-state index contributed by atoms with van der Waals surface area (Å²) >= 11 is 0. The molecule has 0 fully saturated rings. The van der Waals surface area contributed by atoms with Crippen LogP contribution in [-0.2, 0) is 16.2 Å². The van der Waals surface area contributed by atoms with E-state index in [1.165, 1.54) is 0 Å². The highest BCUT2D eigenvalue weighted by molar-refractivity contribution is 5.89. The summed E-state index contributed by atoms with van der Waals surface area (Å²) < 4.78 is 0. The molecule has 1 heterocycles. The second-order valence-corrected chi connectivity index (χ2v) is 5.92. The molecule has 0 aromatic heterocycles. The third-order valence-corrected chi connectivity index (χ3v) is 4.18. The Labute approximate surface area is 153 Å².